The van der Waals surface area contributed by atoms with Crippen LogP contribution < -0.4 is 10.1 Å². The van der Waals surface area contributed by atoms with Crippen LogP contribution in [0.1, 0.15) is 19.3 Å². The number of hydrogen-bond donors (Lipinski definition) is 1. The molecule has 1 unspecified atom stereocenters. The standard InChI is InChI=1S/C14H21NOS/c1-2-6-13(7-3-1)16-10-5-11-17-14-8-4-9-15-12-14/h1-3,6-7,14-15H,4-5,8-12H2. The molecule has 0 aromatic heterocycles. The van der Waals surface area contributed by atoms with Crippen LogP contribution in [0.4, 0.5) is 0 Å². The fourth-order valence-corrected chi connectivity index (χ4v) is 3.16. The maximum absolute atomic E-state index is 5.67. The van der Waals surface area contributed by atoms with Crippen molar-refractivity contribution in [3.8, 4) is 5.75 Å². The van der Waals surface area contributed by atoms with E-state index in [2.05, 4.69) is 17.1 Å². The molecule has 1 aliphatic heterocycles. The van der Waals surface area contributed by atoms with Crippen molar-refractivity contribution in [3.63, 3.8) is 0 Å². The first-order valence-electron chi connectivity index (χ1n) is 6.45. The van der Waals surface area contributed by atoms with Crippen molar-refractivity contribution in [2.45, 2.75) is 24.5 Å². The van der Waals surface area contributed by atoms with Crippen LogP contribution in [0.3, 0.4) is 0 Å². The Morgan fingerprint density at radius 1 is 1.29 bits per heavy atom. The van der Waals surface area contributed by atoms with Crippen LogP contribution in [0.25, 0.3) is 0 Å². The maximum Gasteiger partial charge on any atom is 0.119 e. The van der Waals surface area contributed by atoms with Crippen molar-refractivity contribution in [1.82, 2.24) is 5.32 Å². The summed E-state index contributed by atoms with van der Waals surface area (Å²) in [5.74, 6) is 2.19. The zero-order chi connectivity index (χ0) is 11.8. The van der Waals surface area contributed by atoms with Crippen molar-refractivity contribution in [2.75, 3.05) is 25.4 Å². The number of para-hydroxylation sites is 1. The molecule has 1 fully saturated rings. The lowest BCUT2D eigenvalue weighted by atomic mass is 10.2. The van der Waals surface area contributed by atoms with Gasteiger partial charge >= 0.3 is 0 Å². The number of thioether (sulfide) groups is 1. The molecule has 1 saturated heterocycles. The predicted octanol–water partition coefficient (Wildman–Crippen LogP) is 2.94. The van der Waals surface area contributed by atoms with E-state index in [-0.39, 0.29) is 0 Å². The third-order valence-corrected chi connectivity index (χ3v) is 4.30. The van der Waals surface area contributed by atoms with Crippen molar-refractivity contribution < 1.29 is 4.74 Å². The second kappa shape index (κ2) is 7.62. The van der Waals surface area contributed by atoms with Crippen LogP contribution in [-0.2, 0) is 0 Å². The van der Waals surface area contributed by atoms with Gasteiger partial charge in [0.05, 0.1) is 6.61 Å². The topological polar surface area (TPSA) is 21.3 Å². The van der Waals surface area contributed by atoms with Gasteiger partial charge in [-0.3, -0.25) is 0 Å². The number of piperidine rings is 1. The van der Waals surface area contributed by atoms with Gasteiger partial charge in [0.2, 0.25) is 0 Å². The largest absolute Gasteiger partial charge is 0.494 e. The minimum atomic E-state index is 0.820. The Balaban J connectivity index is 1.51. The molecular formula is C14H21NOS. The Kier molecular flexibility index (Phi) is 5.73. The predicted molar refractivity (Wildman–Crippen MR) is 74.9 cm³/mol. The summed E-state index contributed by atoms with van der Waals surface area (Å²) in [6.45, 7) is 3.22. The molecule has 1 aliphatic rings. The molecule has 1 heterocycles. The minimum Gasteiger partial charge on any atom is -0.494 e. The molecule has 0 amide bonds. The third-order valence-electron chi connectivity index (χ3n) is 2.91. The van der Waals surface area contributed by atoms with E-state index < -0.39 is 0 Å². The van der Waals surface area contributed by atoms with Crippen LogP contribution in [0.2, 0.25) is 0 Å². The van der Waals surface area contributed by atoms with Crippen LogP contribution in [0.15, 0.2) is 30.3 Å². The van der Waals surface area contributed by atoms with Gasteiger partial charge in [0, 0.05) is 11.8 Å². The summed E-state index contributed by atoms with van der Waals surface area (Å²) >= 11 is 2.09. The van der Waals surface area contributed by atoms with Gasteiger partial charge in [-0.2, -0.15) is 11.8 Å². The van der Waals surface area contributed by atoms with Crippen molar-refractivity contribution in [3.05, 3.63) is 30.3 Å². The Labute approximate surface area is 108 Å². The van der Waals surface area contributed by atoms with Crippen molar-refractivity contribution in [1.29, 1.82) is 0 Å². The minimum absolute atomic E-state index is 0.820. The first kappa shape index (κ1) is 12.8. The zero-order valence-corrected chi connectivity index (χ0v) is 11.0. The van der Waals surface area contributed by atoms with E-state index in [1.54, 1.807) is 0 Å². The lowest BCUT2D eigenvalue weighted by molar-refractivity contribution is 0.318. The van der Waals surface area contributed by atoms with Gasteiger partial charge in [-0.05, 0) is 43.7 Å². The molecule has 1 aromatic carbocycles. The highest BCUT2D eigenvalue weighted by atomic mass is 32.2. The van der Waals surface area contributed by atoms with Gasteiger partial charge in [-0.1, -0.05) is 18.2 Å². The Morgan fingerprint density at radius 3 is 2.94 bits per heavy atom. The molecule has 94 valence electrons. The van der Waals surface area contributed by atoms with E-state index in [0.29, 0.717) is 0 Å². The van der Waals surface area contributed by atoms with Crippen LogP contribution in [-0.4, -0.2) is 30.7 Å². The smallest absolute Gasteiger partial charge is 0.119 e. The average Bonchev–Trinajstić information content (AvgIpc) is 2.41. The monoisotopic (exact) mass is 251 g/mol. The van der Waals surface area contributed by atoms with Gasteiger partial charge in [0.15, 0.2) is 0 Å². The molecule has 0 saturated carbocycles. The maximum atomic E-state index is 5.67. The molecule has 17 heavy (non-hydrogen) atoms. The van der Waals surface area contributed by atoms with E-state index in [1.807, 2.05) is 30.3 Å². The van der Waals surface area contributed by atoms with Gasteiger partial charge in [-0.25, -0.2) is 0 Å². The van der Waals surface area contributed by atoms with E-state index in [4.69, 9.17) is 4.74 Å². The Morgan fingerprint density at radius 2 is 2.18 bits per heavy atom. The van der Waals surface area contributed by atoms with Gasteiger partial charge in [-0.15, -0.1) is 0 Å². The highest BCUT2D eigenvalue weighted by molar-refractivity contribution is 7.99. The fraction of sp³-hybridized carbons (Fsp3) is 0.571. The van der Waals surface area contributed by atoms with E-state index in [1.165, 1.54) is 31.7 Å². The van der Waals surface area contributed by atoms with Gasteiger partial charge in [0.25, 0.3) is 0 Å². The molecule has 0 aliphatic carbocycles. The van der Waals surface area contributed by atoms with E-state index >= 15 is 0 Å². The summed E-state index contributed by atoms with van der Waals surface area (Å²) in [7, 11) is 0. The van der Waals surface area contributed by atoms with Gasteiger partial charge < -0.3 is 10.1 Å². The highest BCUT2D eigenvalue weighted by Gasteiger charge is 2.12. The first-order chi connectivity index (χ1) is 8.45. The van der Waals surface area contributed by atoms with Crippen LogP contribution >= 0.6 is 11.8 Å². The van der Waals surface area contributed by atoms with Crippen molar-refractivity contribution >= 4 is 11.8 Å². The number of hydrogen-bond acceptors (Lipinski definition) is 3. The molecule has 1 atom stereocenters. The molecule has 1 N–H and O–H groups in total. The summed E-state index contributed by atoms with van der Waals surface area (Å²) in [4.78, 5) is 0. The van der Waals surface area contributed by atoms with Crippen LogP contribution in [0.5, 0.6) is 5.75 Å². The van der Waals surface area contributed by atoms with Gasteiger partial charge in [0.1, 0.15) is 5.75 Å². The summed E-state index contributed by atoms with van der Waals surface area (Å²) in [6.07, 6.45) is 3.84. The van der Waals surface area contributed by atoms with Crippen molar-refractivity contribution in [2.24, 2.45) is 0 Å². The van der Waals surface area contributed by atoms with Crippen LogP contribution in [0, 0.1) is 0 Å². The zero-order valence-electron chi connectivity index (χ0n) is 10.2. The fourth-order valence-electron chi connectivity index (χ4n) is 1.98. The molecule has 1 aromatic rings. The average molecular weight is 251 g/mol. The molecule has 0 spiro atoms. The first-order valence-corrected chi connectivity index (χ1v) is 7.50. The van der Waals surface area contributed by atoms with E-state index in [9.17, 15) is 0 Å². The number of rotatable bonds is 6. The summed E-state index contributed by atoms with van der Waals surface area (Å²) in [6, 6.07) is 10.1. The molecule has 2 nitrogen and oxygen atoms in total. The summed E-state index contributed by atoms with van der Waals surface area (Å²) < 4.78 is 5.67. The molecule has 3 heteroatoms. The number of nitrogens with one attached hydrogen (secondary N) is 1. The highest BCUT2D eigenvalue weighted by Crippen LogP contribution is 2.19. The van der Waals surface area contributed by atoms with E-state index in [0.717, 1.165) is 24.0 Å². The molecular weight excluding hydrogens is 230 g/mol. The normalized spacial score (nSPS) is 20.1. The lowest BCUT2D eigenvalue weighted by Gasteiger charge is -2.22. The summed E-state index contributed by atoms with van der Waals surface area (Å²) in [5, 5.41) is 4.27. The molecule has 2 rings (SSSR count). The molecule has 0 bridgehead atoms. The number of ether oxygens (including phenoxy) is 1. The second-order valence-corrected chi connectivity index (χ2v) is 5.76. The quantitative estimate of drug-likeness (QED) is 0.786. The molecule has 0 radical (unpaired) electrons. The Hall–Kier alpha value is -0.670. The SMILES string of the molecule is c1ccc(OCCCSC2CCCNC2)cc1. The summed E-state index contributed by atoms with van der Waals surface area (Å²) in [5.41, 5.74) is 0. The second-order valence-electron chi connectivity index (χ2n) is 4.35. The number of benzene rings is 1. The Bertz CT molecular complexity index is 298. The lowest BCUT2D eigenvalue weighted by Crippen LogP contribution is -2.31. The third kappa shape index (κ3) is 5.00.